The SMILES string of the molecule is CCCCCCCCC/C=C\CCCCCCCCCC(=O)OCCCCCCCCCCCCCCCCCCCC/C=C\CCCCCCCCCCCCCCCCCCCC(=O)NC(CO)C(O)CCCCCCCCCCC. The summed E-state index contributed by atoms with van der Waals surface area (Å²) in [7, 11) is 0. The minimum absolute atomic E-state index is 0.0203. The molecule has 0 heterocycles. The predicted molar refractivity (Wildman–Crippen MR) is 366 cm³/mol. The van der Waals surface area contributed by atoms with Crippen LogP contribution in [0.5, 0.6) is 0 Å². The fraction of sp³-hybridized carbons (Fsp3) is 0.922. The first kappa shape index (κ1) is 81.3. The molecule has 0 radical (unpaired) electrons. The van der Waals surface area contributed by atoms with Gasteiger partial charge < -0.3 is 20.3 Å². The molecule has 6 heteroatoms. The van der Waals surface area contributed by atoms with Gasteiger partial charge in [-0.2, -0.15) is 0 Å². The van der Waals surface area contributed by atoms with E-state index in [1.54, 1.807) is 0 Å². The molecule has 0 saturated heterocycles. The van der Waals surface area contributed by atoms with E-state index in [0.29, 0.717) is 25.9 Å². The van der Waals surface area contributed by atoms with Crippen molar-refractivity contribution < 1.29 is 24.5 Å². The van der Waals surface area contributed by atoms with Crippen molar-refractivity contribution in [3.8, 4) is 0 Å². The number of aliphatic hydroxyl groups is 2. The van der Waals surface area contributed by atoms with Crippen molar-refractivity contribution in [3.63, 3.8) is 0 Å². The van der Waals surface area contributed by atoms with Crippen molar-refractivity contribution >= 4 is 11.9 Å². The van der Waals surface area contributed by atoms with Gasteiger partial charge in [0.05, 0.1) is 25.4 Å². The first-order chi connectivity index (χ1) is 41.0. The summed E-state index contributed by atoms with van der Waals surface area (Å²) in [5, 5.41) is 23.2. The fourth-order valence-corrected chi connectivity index (χ4v) is 12.2. The van der Waals surface area contributed by atoms with Crippen LogP contribution in [0.25, 0.3) is 0 Å². The lowest BCUT2D eigenvalue weighted by Gasteiger charge is -2.22. The van der Waals surface area contributed by atoms with E-state index in [2.05, 4.69) is 43.5 Å². The average molecular weight is 1170 g/mol. The highest BCUT2D eigenvalue weighted by atomic mass is 16.5. The van der Waals surface area contributed by atoms with Gasteiger partial charge >= 0.3 is 5.97 Å². The van der Waals surface area contributed by atoms with E-state index >= 15 is 0 Å². The third-order valence-electron chi connectivity index (χ3n) is 18.0. The smallest absolute Gasteiger partial charge is 0.305 e. The van der Waals surface area contributed by atoms with Crippen LogP contribution in [0.1, 0.15) is 431 Å². The van der Waals surface area contributed by atoms with Gasteiger partial charge in [-0.3, -0.25) is 9.59 Å². The summed E-state index contributed by atoms with van der Waals surface area (Å²) in [5.74, 6) is -0.0107. The molecular weight excluding hydrogens is 1020 g/mol. The van der Waals surface area contributed by atoms with Gasteiger partial charge in [-0.15, -0.1) is 0 Å². The molecule has 0 aliphatic rings. The Morgan fingerprint density at radius 2 is 0.566 bits per heavy atom. The van der Waals surface area contributed by atoms with Crippen LogP contribution in [0.4, 0.5) is 0 Å². The van der Waals surface area contributed by atoms with Crippen LogP contribution in [0.15, 0.2) is 24.3 Å². The summed E-state index contributed by atoms with van der Waals surface area (Å²) < 4.78 is 5.51. The molecule has 0 aromatic heterocycles. The van der Waals surface area contributed by atoms with Crippen LogP contribution < -0.4 is 5.32 Å². The minimum atomic E-state index is -0.658. The van der Waals surface area contributed by atoms with E-state index in [-0.39, 0.29) is 18.5 Å². The summed E-state index contributed by atoms with van der Waals surface area (Å²) in [5.41, 5.74) is 0. The summed E-state index contributed by atoms with van der Waals surface area (Å²) in [6.07, 6.45) is 92.9. The second-order valence-corrected chi connectivity index (χ2v) is 26.3. The molecule has 83 heavy (non-hydrogen) atoms. The Morgan fingerprint density at radius 3 is 0.855 bits per heavy atom. The van der Waals surface area contributed by atoms with Gasteiger partial charge in [0.2, 0.25) is 5.91 Å². The van der Waals surface area contributed by atoms with E-state index in [4.69, 9.17) is 4.74 Å². The standard InChI is InChI=1S/C77H149NO5/c1-3-5-7-9-11-13-14-15-16-17-42-45-48-51-55-59-63-67-71-77(82)83-72-68-64-60-56-52-49-46-43-40-38-36-34-32-30-28-26-24-22-20-18-19-21-23-25-27-29-31-33-35-37-39-41-44-47-50-54-58-62-66-70-76(81)78-74(73-79)75(80)69-65-61-57-53-12-10-8-6-4-2/h16-19,74-75,79-80H,3-15,20-73H2,1-2H3,(H,78,81)/b17-16-,19-18-. The number of amides is 1. The van der Waals surface area contributed by atoms with Crippen LogP contribution in [0, 0.1) is 0 Å². The van der Waals surface area contributed by atoms with Crippen molar-refractivity contribution in [2.75, 3.05) is 13.2 Å². The summed E-state index contributed by atoms with van der Waals surface area (Å²) in [6.45, 7) is 4.96. The quantitative estimate of drug-likeness (QED) is 0.0320. The van der Waals surface area contributed by atoms with Crippen molar-refractivity contribution in [2.45, 2.75) is 443 Å². The van der Waals surface area contributed by atoms with Gasteiger partial charge in [0.25, 0.3) is 0 Å². The number of nitrogens with one attached hydrogen (secondary N) is 1. The molecule has 0 rings (SSSR count). The Balaban J connectivity index is 3.28. The maximum atomic E-state index is 12.4. The fourth-order valence-electron chi connectivity index (χ4n) is 12.2. The number of rotatable bonds is 72. The van der Waals surface area contributed by atoms with E-state index in [9.17, 15) is 19.8 Å². The molecule has 3 N–H and O–H groups in total. The van der Waals surface area contributed by atoms with E-state index in [1.807, 2.05) is 0 Å². The second-order valence-electron chi connectivity index (χ2n) is 26.3. The second kappa shape index (κ2) is 72.8. The van der Waals surface area contributed by atoms with Crippen LogP contribution in [0.2, 0.25) is 0 Å². The molecule has 2 unspecified atom stereocenters. The molecule has 6 nitrogen and oxygen atoms in total. The monoisotopic (exact) mass is 1170 g/mol. The average Bonchev–Trinajstić information content (AvgIpc) is 3.49. The molecule has 0 spiro atoms. The Kier molecular flexibility index (Phi) is 71.4. The maximum absolute atomic E-state index is 12.4. The first-order valence-corrected chi connectivity index (χ1v) is 38.1. The summed E-state index contributed by atoms with van der Waals surface area (Å²) in [6, 6.07) is -0.535. The third-order valence-corrected chi connectivity index (χ3v) is 18.0. The topological polar surface area (TPSA) is 95.9 Å². The number of hydrogen-bond donors (Lipinski definition) is 3. The highest BCUT2D eigenvalue weighted by molar-refractivity contribution is 5.76. The number of carbonyl (C=O) groups is 2. The van der Waals surface area contributed by atoms with Gasteiger partial charge in [-0.1, -0.05) is 366 Å². The molecule has 0 fully saturated rings. The number of unbranched alkanes of at least 4 members (excludes halogenated alkanes) is 57. The molecule has 2 atom stereocenters. The summed E-state index contributed by atoms with van der Waals surface area (Å²) in [4.78, 5) is 24.5. The number of carbonyl (C=O) groups excluding carboxylic acids is 2. The lowest BCUT2D eigenvalue weighted by atomic mass is 10.0. The first-order valence-electron chi connectivity index (χ1n) is 38.1. The predicted octanol–water partition coefficient (Wildman–Crippen LogP) is 24.9. The number of hydrogen-bond acceptors (Lipinski definition) is 5. The lowest BCUT2D eigenvalue weighted by Crippen LogP contribution is -2.45. The van der Waals surface area contributed by atoms with Gasteiger partial charge in [-0.25, -0.2) is 0 Å². The van der Waals surface area contributed by atoms with E-state index in [0.717, 1.165) is 38.5 Å². The Labute approximate surface area is 520 Å². The van der Waals surface area contributed by atoms with Crippen molar-refractivity contribution in [1.82, 2.24) is 5.32 Å². The van der Waals surface area contributed by atoms with E-state index in [1.165, 1.54) is 360 Å². The Bertz CT molecular complexity index is 1300. The van der Waals surface area contributed by atoms with Gasteiger partial charge in [0, 0.05) is 12.8 Å². The van der Waals surface area contributed by atoms with Crippen LogP contribution in [0.3, 0.4) is 0 Å². The molecule has 0 saturated carbocycles. The number of ether oxygens (including phenoxy) is 1. The highest BCUT2D eigenvalue weighted by Crippen LogP contribution is 2.19. The van der Waals surface area contributed by atoms with Gasteiger partial charge in [0.15, 0.2) is 0 Å². The molecule has 0 bridgehead atoms. The Hall–Kier alpha value is -1.66. The molecule has 492 valence electrons. The zero-order chi connectivity index (χ0) is 59.9. The number of allylic oxidation sites excluding steroid dienone is 4. The molecule has 0 aromatic rings. The van der Waals surface area contributed by atoms with Crippen LogP contribution in [-0.4, -0.2) is 47.4 Å². The highest BCUT2D eigenvalue weighted by Gasteiger charge is 2.20. The normalized spacial score (nSPS) is 12.6. The molecular formula is C77H149NO5. The molecule has 1 amide bonds. The third kappa shape index (κ3) is 69.3. The van der Waals surface area contributed by atoms with Crippen molar-refractivity contribution in [1.29, 1.82) is 0 Å². The molecule has 0 aromatic carbocycles. The molecule has 0 aliphatic heterocycles. The summed E-state index contributed by atoms with van der Waals surface area (Å²) >= 11 is 0. The zero-order valence-electron chi connectivity index (χ0n) is 56.5. The lowest BCUT2D eigenvalue weighted by molar-refractivity contribution is -0.143. The molecule has 0 aliphatic carbocycles. The van der Waals surface area contributed by atoms with Gasteiger partial charge in [0.1, 0.15) is 0 Å². The van der Waals surface area contributed by atoms with Crippen LogP contribution >= 0.6 is 0 Å². The largest absolute Gasteiger partial charge is 0.466 e. The van der Waals surface area contributed by atoms with Crippen molar-refractivity contribution in [3.05, 3.63) is 24.3 Å². The van der Waals surface area contributed by atoms with Crippen LogP contribution in [-0.2, 0) is 14.3 Å². The van der Waals surface area contributed by atoms with Gasteiger partial charge in [-0.05, 0) is 77.0 Å². The minimum Gasteiger partial charge on any atom is -0.466 e. The van der Waals surface area contributed by atoms with Crippen molar-refractivity contribution in [2.24, 2.45) is 0 Å². The number of esters is 1. The maximum Gasteiger partial charge on any atom is 0.305 e. The Morgan fingerprint density at radius 1 is 0.325 bits per heavy atom. The zero-order valence-corrected chi connectivity index (χ0v) is 56.5. The van der Waals surface area contributed by atoms with E-state index < -0.39 is 12.1 Å². The number of aliphatic hydroxyl groups excluding tert-OH is 2.